The number of hydrogen-bond acceptors (Lipinski definition) is 3. The highest BCUT2D eigenvalue weighted by Crippen LogP contribution is 2.19. The maximum atomic E-state index is 5.89. The minimum absolute atomic E-state index is 0.371. The lowest BCUT2D eigenvalue weighted by Crippen LogP contribution is -2.39. The van der Waals surface area contributed by atoms with Crippen LogP contribution < -0.4 is 10.6 Å². The number of guanidine groups is 1. The minimum atomic E-state index is 0.371. The van der Waals surface area contributed by atoms with Crippen molar-refractivity contribution in [2.24, 2.45) is 4.99 Å². The molecular weight excluding hydrogens is 340 g/mol. The molecule has 1 aromatic heterocycles. The van der Waals surface area contributed by atoms with E-state index >= 15 is 0 Å². The Morgan fingerprint density at radius 3 is 2.89 bits per heavy atom. The van der Waals surface area contributed by atoms with Gasteiger partial charge in [-0.15, -0.1) is 0 Å². The van der Waals surface area contributed by atoms with Gasteiger partial charge >= 0.3 is 0 Å². The molecule has 3 rings (SSSR count). The molecule has 6 heteroatoms. The normalized spacial score (nSPS) is 16.0. The minimum Gasteiger partial charge on any atom is -0.381 e. The van der Waals surface area contributed by atoms with Gasteiger partial charge in [0.15, 0.2) is 5.96 Å². The maximum absolute atomic E-state index is 5.89. The number of ether oxygens (including phenoxy) is 2. The molecule has 2 aromatic rings. The summed E-state index contributed by atoms with van der Waals surface area (Å²) in [6.07, 6.45) is 6.44. The standard InChI is InChI=1S/C21H32N4O2/c1-16-4-5-19-17(15-25-20(19)14-16)6-10-24-21(22-2)23-9-3-11-27-18-7-12-26-13-8-18/h4-5,14-15,18,25H,3,6-13H2,1-2H3,(H2,22,23,24). The Labute approximate surface area is 161 Å². The van der Waals surface area contributed by atoms with Gasteiger partial charge in [0.05, 0.1) is 6.10 Å². The molecule has 1 saturated heterocycles. The third kappa shape index (κ3) is 5.97. The number of aromatic amines is 1. The van der Waals surface area contributed by atoms with E-state index in [2.05, 4.69) is 51.9 Å². The van der Waals surface area contributed by atoms with Crippen LogP contribution in [0, 0.1) is 6.92 Å². The quantitative estimate of drug-likeness (QED) is 0.379. The van der Waals surface area contributed by atoms with Gasteiger partial charge in [-0.3, -0.25) is 4.99 Å². The van der Waals surface area contributed by atoms with Crippen LogP contribution in [-0.4, -0.2) is 57.0 Å². The third-order valence-electron chi connectivity index (χ3n) is 4.97. The van der Waals surface area contributed by atoms with E-state index in [1.165, 1.54) is 22.0 Å². The first kappa shape index (κ1) is 19.7. The van der Waals surface area contributed by atoms with Crippen LogP contribution >= 0.6 is 0 Å². The highest BCUT2D eigenvalue weighted by atomic mass is 16.5. The number of nitrogens with zero attached hydrogens (tertiary/aromatic N) is 1. The molecular formula is C21H32N4O2. The fourth-order valence-corrected chi connectivity index (χ4v) is 3.41. The zero-order valence-corrected chi connectivity index (χ0v) is 16.5. The zero-order valence-electron chi connectivity index (χ0n) is 16.5. The molecule has 0 radical (unpaired) electrons. The summed E-state index contributed by atoms with van der Waals surface area (Å²) < 4.78 is 11.2. The molecule has 1 aliphatic rings. The Balaban J connectivity index is 1.32. The van der Waals surface area contributed by atoms with Gasteiger partial charge in [0.2, 0.25) is 0 Å². The van der Waals surface area contributed by atoms with Crippen LogP contribution in [0.4, 0.5) is 0 Å². The largest absolute Gasteiger partial charge is 0.381 e. The molecule has 6 nitrogen and oxygen atoms in total. The number of nitrogens with one attached hydrogen (secondary N) is 3. The molecule has 0 atom stereocenters. The van der Waals surface area contributed by atoms with E-state index in [9.17, 15) is 0 Å². The average Bonchev–Trinajstić information content (AvgIpc) is 3.09. The number of aromatic nitrogens is 1. The third-order valence-corrected chi connectivity index (χ3v) is 4.97. The number of rotatable bonds is 8. The van der Waals surface area contributed by atoms with E-state index in [4.69, 9.17) is 9.47 Å². The van der Waals surface area contributed by atoms with E-state index < -0.39 is 0 Å². The van der Waals surface area contributed by atoms with Crippen LogP contribution in [0.15, 0.2) is 29.4 Å². The van der Waals surface area contributed by atoms with E-state index in [-0.39, 0.29) is 0 Å². The summed E-state index contributed by atoms with van der Waals surface area (Å²) in [5, 5.41) is 8.05. The molecule has 1 aliphatic heterocycles. The number of hydrogen-bond donors (Lipinski definition) is 3. The molecule has 0 saturated carbocycles. The van der Waals surface area contributed by atoms with Crippen LogP contribution in [-0.2, 0) is 15.9 Å². The molecule has 148 valence electrons. The zero-order chi connectivity index (χ0) is 18.9. The van der Waals surface area contributed by atoms with Crippen molar-refractivity contribution in [1.82, 2.24) is 15.6 Å². The molecule has 0 aliphatic carbocycles. The SMILES string of the molecule is CN=C(NCCCOC1CCOCC1)NCCc1c[nH]c2cc(C)ccc12. The molecule has 0 unspecified atom stereocenters. The van der Waals surface area contributed by atoms with Crippen molar-refractivity contribution in [1.29, 1.82) is 0 Å². The van der Waals surface area contributed by atoms with Crippen LogP contribution in [0.3, 0.4) is 0 Å². The molecule has 1 fully saturated rings. The smallest absolute Gasteiger partial charge is 0.190 e. The molecule has 1 aromatic carbocycles. The van der Waals surface area contributed by atoms with Crippen LogP contribution in [0.2, 0.25) is 0 Å². The van der Waals surface area contributed by atoms with Gasteiger partial charge in [-0.25, -0.2) is 0 Å². The van der Waals surface area contributed by atoms with Crippen molar-refractivity contribution in [3.63, 3.8) is 0 Å². The monoisotopic (exact) mass is 372 g/mol. The fraction of sp³-hybridized carbons (Fsp3) is 0.571. The molecule has 3 N–H and O–H groups in total. The second-order valence-corrected chi connectivity index (χ2v) is 7.07. The maximum Gasteiger partial charge on any atom is 0.190 e. The van der Waals surface area contributed by atoms with E-state index in [1.807, 2.05) is 7.05 Å². The lowest BCUT2D eigenvalue weighted by Gasteiger charge is -2.22. The van der Waals surface area contributed by atoms with Gasteiger partial charge in [-0.2, -0.15) is 0 Å². The van der Waals surface area contributed by atoms with Crippen LogP contribution in [0.5, 0.6) is 0 Å². The summed E-state index contributed by atoms with van der Waals surface area (Å²) in [7, 11) is 1.81. The van der Waals surface area contributed by atoms with Crippen LogP contribution in [0.25, 0.3) is 10.9 Å². The first-order valence-electron chi connectivity index (χ1n) is 9.97. The Morgan fingerprint density at radius 1 is 1.26 bits per heavy atom. The van der Waals surface area contributed by atoms with Gasteiger partial charge in [-0.05, 0) is 49.8 Å². The number of aryl methyl sites for hydroxylation is 1. The predicted octanol–water partition coefficient (Wildman–Crippen LogP) is 2.77. The second kappa shape index (κ2) is 10.3. The van der Waals surface area contributed by atoms with Gasteiger partial charge in [0.1, 0.15) is 0 Å². The van der Waals surface area contributed by atoms with Crippen LogP contribution in [0.1, 0.15) is 30.4 Å². The summed E-state index contributed by atoms with van der Waals surface area (Å²) in [4.78, 5) is 7.66. The summed E-state index contributed by atoms with van der Waals surface area (Å²) in [6.45, 7) is 6.26. The van der Waals surface area contributed by atoms with Crippen molar-refractivity contribution >= 4 is 16.9 Å². The Kier molecular flexibility index (Phi) is 7.54. The lowest BCUT2D eigenvalue weighted by atomic mass is 10.1. The van der Waals surface area contributed by atoms with Gasteiger partial charge in [0.25, 0.3) is 0 Å². The second-order valence-electron chi connectivity index (χ2n) is 7.07. The fourth-order valence-electron chi connectivity index (χ4n) is 3.41. The molecule has 27 heavy (non-hydrogen) atoms. The van der Waals surface area contributed by atoms with E-state index in [1.54, 1.807) is 0 Å². The summed E-state index contributed by atoms with van der Waals surface area (Å²) >= 11 is 0. The van der Waals surface area contributed by atoms with Crippen molar-refractivity contribution in [2.75, 3.05) is 40.0 Å². The molecule has 0 spiro atoms. The van der Waals surface area contributed by atoms with Crippen molar-refractivity contribution < 1.29 is 9.47 Å². The van der Waals surface area contributed by atoms with Crippen molar-refractivity contribution in [3.05, 3.63) is 35.5 Å². The Morgan fingerprint density at radius 2 is 2.07 bits per heavy atom. The molecule has 0 bridgehead atoms. The lowest BCUT2D eigenvalue weighted by molar-refractivity contribution is -0.0320. The Bertz CT molecular complexity index is 735. The predicted molar refractivity (Wildman–Crippen MR) is 111 cm³/mol. The molecule has 0 amide bonds. The number of aliphatic imine (C=N–C) groups is 1. The van der Waals surface area contributed by atoms with E-state index in [0.717, 1.165) is 64.6 Å². The van der Waals surface area contributed by atoms with Gasteiger partial charge in [-0.1, -0.05) is 12.1 Å². The topological polar surface area (TPSA) is 70.7 Å². The first-order chi connectivity index (χ1) is 13.3. The van der Waals surface area contributed by atoms with Gasteiger partial charge in [0, 0.05) is 57.1 Å². The highest BCUT2D eigenvalue weighted by Gasteiger charge is 2.13. The first-order valence-corrected chi connectivity index (χ1v) is 9.97. The molecule has 2 heterocycles. The van der Waals surface area contributed by atoms with Crippen molar-refractivity contribution in [2.45, 2.75) is 38.7 Å². The summed E-state index contributed by atoms with van der Waals surface area (Å²) in [5.41, 5.74) is 3.81. The average molecular weight is 373 g/mol. The number of benzene rings is 1. The number of H-pyrrole nitrogens is 1. The highest BCUT2D eigenvalue weighted by molar-refractivity contribution is 5.84. The van der Waals surface area contributed by atoms with E-state index in [0.29, 0.717) is 6.10 Å². The number of fused-ring (bicyclic) bond motifs is 1. The van der Waals surface area contributed by atoms with Crippen molar-refractivity contribution in [3.8, 4) is 0 Å². The Hall–Kier alpha value is -2.05. The van der Waals surface area contributed by atoms with Gasteiger partial charge < -0.3 is 25.1 Å². The summed E-state index contributed by atoms with van der Waals surface area (Å²) in [5.74, 6) is 0.844. The summed E-state index contributed by atoms with van der Waals surface area (Å²) in [6, 6.07) is 6.55.